The molecule has 0 radical (unpaired) electrons. The smallest absolute Gasteiger partial charge is 0.228 e. The van der Waals surface area contributed by atoms with Gasteiger partial charge in [-0.05, 0) is 27.7 Å². The summed E-state index contributed by atoms with van der Waals surface area (Å²) in [6.07, 6.45) is 0. The molecule has 0 aliphatic carbocycles. The molecule has 0 atom stereocenters. The maximum Gasteiger partial charge on any atom is 0.228 e. The number of nitrogens with zero attached hydrogens (tertiary/aromatic N) is 6. The van der Waals surface area contributed by atoms with Crippen LogP contribution in [0.2, 0.25) is 0 Å². The molecule has 0 aliphatic heterocycles. The first-order chi connectivity index (χ1) is 10.5. The van der Waals surface area contributed by atoms with Gasteiger partial charge in [-0.15, -0.1) is 0 Å². The van der Waals surface area contributed by atoms with Crippen molar-refractivity contribution in [1.82, 2.24) is 19.9 Å². The Morgan fingerprint density at radius 1 is 0.727 bits per heavy atom. The second-order valence-corrected chi connectivity index (χ2v) is 4.86. The number of aromatic nitrogens is 4. The van der Waals surface area contributed by atoms with Gasteiger partial charge in [-0.25, -0.2) is 9.97 Å². The first-order valence-electron chi connectivity index (χ1n) is 7.66. The van der Waals surface area contributed by atoms with Gasteiger partial charge < -0.3 is 21.3 Å². The number of nitrogens with two attached hydrogens (primary N) is 2. The van der Waals surface area contributed by atoms with Gasteiger partial charge in [0.2, 0.25) is 11.9 Å². The minimum absolute atomic E-state index is 0.137. The number of nitrogen functional groups attached to an aromatic ring is 2. The molecule has 0 aliphatic rings. The van der Waals surface area contributed by atoms with E-state index in [9.17, 15) is 0 Å². The monoisotopic (exact) mass is 304 g/mol. The van der Waals surface area contributed by atoms with Crippen LogP contribution in [-0.4, -0.2) is 46.1 Å². The molecule has 0 bridgehead atoms. The highest BCUT2D eigenvalue weighted by atomic mass is 15.3. The normalized spacial score (nSPS) is 10.9. The lowest BCUT2D eigenvalue weighted by Gasteiger charge is -2.24. The van der Waals surface area contributed by atoms with Gasteiger partial charge in [-0.1, -0.05) is 0 Å². The summed E-state index contributed by atoms with van der Waals surface area (Å²) in [5.74, 6) is 1.81. The predicted molar refractivity (Wildman–Crippen MR) is 91.1 cm³/mol. The lowest BCUT2D eigenvalue weighted by Crippen LogP contribution is -2.28. The van der Waals surface area contributed by atoms with Gasteiger partial charge in [0.05, 0.1) is 0 Å². The SMILES string of the molecule is CCN(CC)c1nc(N(CC)CC)c2nc(N)nc(N)c2n1. The van der Waals surface area contributed by atoms with E-state index < -0.39 is 0 Å². The Kier molecular flexibility index (Phi) is 4.79. The van der Waals surface area contributed by atoms with Gasteiger partial charge in [0, 0.05) is 26.2 Å². The van der Waals surface area contributed by atoms with Gasteiger partial charge in [-0.3, -0.25) is 0 Å². The lowest BCUT2D eigenvalue weighted by atomic mass is 10.3. The molecule has 0 saturated heterocycles. The highest BCUT2D eigenvalue weighted by Gasteiger charge is 2.19. The van der Waals surface area contributed by atoms with E-state index in [-0.39, 0.29) is 11.8 Å². The Balaban J connectivity index is 2.77. The van der Waals surface area contributed by atoms with E-state index >= 15 is 0 Å². The van der Waals surface area contributed by atoms with E-state index in [4.69, 9.17) is 16.5 Å². The van der Waals surface area contributed by atoms with Crippen LogP contribution in [0.1, 0.15) is 27.7 Å². The van der Waals surface area contributed by atoms with E-state index in [1.807, 2.05) is 0 Å². The van der Waals surface area contributed by atoms with Gasteiger partial charge >= 0.3 is 0 Å². The van der Waals surface area contributed by atoms with Crippen molar-refractivity contribution >= 4 is 34.6 Å². The number of anilines is 4. The molecule has 2 aromatic heterocycles. The van der Waals surface area contributed by atoms with E-state index in [0.29, 0.717) is 17.0 Å². The average molecular weight is 304 g/mol. The van der Waals surface area contributed by atoms with Gasteiger partial charge in [0.25, 0.3) is 0 Å². The zero-order chi connectivity index (χ0) is 16.3. The molecule has 0 fully saturated rings. The number of hydrogen-bond donors (Lipinski definition) is 2. The van der Waals surface area contributed by atoms with Crippen molar-refractivity contribution in [2.75, 3.05) is 47.4 Å². The third-order valence-corrected chi connectivity index (χ3v) is 3.67. The number of fused-ring (bicyclic) bond motifs is 1. The van der Waals surface area contributed by atoms with E-state index in [1.165, 1.54) is 0 Å². The molecule has 22 heavy (non-hydrogen) atoms. The maximum atomic E-state index is 6.00. The molecule has 0 spiro atoms. The van der Waals surface area contributed by atoms with Crippen molar-refractivity contribution in [2.45, 2.75) is 27.7 Å². The van der Waals surface area contributed by atoms with Crippen LogP contribution in [0.4, 0.5) is 23.5 Å². The van der Waals surface area contributed by atoms with Crippen LogP contribution in [0.5, 0.6) is 0 Å². The third kappa shape index (κ3) is 2.81. The van der Waals surface area contributed by atoms with Gasteiger partial charge in [0.1, 0.15) is 11.0 Å². The van der Waals surface area contributed by atoms with Crippen molar-refractivity contribution in [3.05, 3.63) is 0 Å². The minimum Gasteiger partial charge on any atom is -0.382 e. The zero-order valence-corrected chi connectivity index (χ0v) is 13.7. The molecule has 2 rings (SSSR count). The Hall–Kier alpha value is -2.38. The Labute approximate surface area is 130 Å². The standard InChI is InChI=1S/C14H24N8/c1-5-21(6-2)12-10-9(11(15)19-13(16)17-10)18-14(20-12)22(7-3)8-4/h5-8H2,1-4H3,(H4,15,16,17,19). The van der Waals surface area contributed by atoms with Crippen LogP contribution in [0.15, 0.2) is 0 Å². The molecule has 0 saturated carbocycles. The van der Waals surface area contributed by atoms with Crippen molar-refractivity contribution < 1.29 is 0 Å². The summed E-state index contributed by atoms with van der Waals surface area (Å²) in [5.41, 5.74) is 12.9. The molecule has 8 nitrogen and oxygen atoms in total. The summed E-state index contributed by atoms with van der Waals surface area (Å²) in [5, 5.41) is 0. The molecule has 2 heterocycles. The first-order valence-corrected chi connectivity index (χ1v) is 7.66. The van der Waals surface area contributed by atoms with Crippen LogP contribution in [-0.2, 0) is 0 Å². The molecule has 0 amide bonds. The summed E-state index contributed by atoms with van der Waals surface area (Å²) in [4.78, 5) is 21.8. The quantitative estimate of drug-likeness (QED) is 0.821. The van der Waals surface area contributed by atoms with Crippen LogP contribution in [0.25, 0.3) is 11.0 Å². The number of rotatable bonds is 6. The minimum atomic E-state index is 0.137. The Morgan fingerprint density at radius 3 is 1.86 bits per heavy atom. The first kappa shape index (κ1) is 16.0. The third-order valence-electron chi connectivity index (χ3n) is 3.67. The molecule has 0 aromatic carbocycles. The summed E-state index contributed by atoms with van der Waals surface area (Å²) in [7, 11) is 0. The van der Waals surface area contributed by atoms with Crippen LogP contribution in [0, 0.1) is 0 Å². The molecular formula is C14H24N8. The second kappa shape index (κ2) is 6.59. The van der Waals surface area contributed by atoms with Crippen LogP contribution >= 0.6 is 0 Å². The van der Waals surface area contributed by atoms with Crippen molar-refractivity contribution in [3.8, 4) is 0 Å². The predicted octanol–water partition coefficient (Wildman–Crippen LogP) is 1.28. The highest BCUT2D eigenvalue weighted by Crippen LogP contribution is 2.28. The molecule has 0 unspecified atom stereocenters. The lowest BCUT2D eigenvalue weighted by molar-refractivity contribution is 0.805. The number of hydrogen-bond acceptors (Lipinski definition) is 8. The fraction of sp³-hybridized carbons (Fsp3) is 0.571. The summed E-state index contributed by atoms with van der Waals surface area (Å²) in [6, 6.07) is 0. The molecule has 8 heteroatoms. The van der Waals surface area contributed by atoms with Crippen molar-refractivity contribution in [3.63, 3.8) is 0 Å². The average Bonchev–Trinajstić information content (AvgIpc) is 2.50. The van der Waals surface area contributed by atoms with Crippen LogP contribution < -0.4 is 21.3 Å². The maximum absolute atomic E-state index is 6.00. The summed E-state index contributed by atoms with van der Waals surface area (Å²) >= 11 is 0. The molecule has 120 valence electrons. The van der Waals surface area contributed by atoms with Gasteiger partial charge in [0.15, 0.2) is 11.6 Å². The molecule has 2 aromatic rings. The van der Waals surface area contributed by atoms with E-state index in [2.05, 4.69) is 52.4 Å². The zero-order valence-electron chi connectivity index (χ0n) is 13.7. The Bertz CT molecular complexity index is 649. The van der Waals surface area contributed by atoms with E-state index in [1.54, 1.807) is 0 Å². The summed E-state index contributed by atoms with van der Waals surface area (Å²) < 4.78 is 0. The van der Waals surface area contributed by atoms with Crippen molar-refractivity contribution in [1.29, 1.82) is 0 Å². The van der Waals surface area contributed by atoms with Crippen LogP contribution in [0.3, 0.4) is 0 Å². The van der Waals surface area contributed by atoms with E-state index in [0.717, 1.165) is 32.0 Å². The Morgan fingerprint density at radius 2 is 1.32 bits per heavy atom. The largest absolute Gasteiger partial charge is 0.382 e. The second-order valence-electron chi connectivity index (χ2n) is 4.86. The fourth-order valence-electron chi connectivity index (χ4n) is 2.42. The molecular weight excluding hydrogens is 280 g/mol. The summed E-state index contributed by atoms with van der Waals surface area (Å²) in [6.45, 7) is 11.5. The van der Waals surface area contributed by atoms with Crippen molar-refractivity contribution in [2.24, 2.45) is 0 Å². The highest BCUT2D eigenvalue weighted by molar-refractivity contribution is 5.93. The van der Waals surface area contributed by atoms with Gasteiger partial charge in [-0.2, -0.15) is 9.97 Å². The fourth-order valence-corrected chi connectivity index (χ4v) is 2.42. The topological polar surface area (TPSA) is 110 Å². The molecule has 4 N–H and O–H groups in total.